The van der Waals surface area contributed by atoms with Crippen LogP contribution in [0.5, 0.6) is 0 Å². The van der Waals surface area contributed by atoms with Gasteiger partial charge in [0.15, 0.2) is 11.7 Å². The van der Waals surface area contributed by atoms with Crippen LogP contribution in [0.25, 0.3) is 10.2 Å². The monoisotopic (exact) mass is 353 g/mol. The van der Waals surface area contributed by atoms with E-state index in [-0.39, 0.29) is 5.91 Å². The van der Waals surface area contributed by atoms with E-state index in [4.69, 9.17) is 0 Å². The van der Waals surface area contributed by atoms with Crippen LogP contribution in [-0.2, 0) is 4.79 Å². The molecule has 1 saturated heterocycles. The summed E-state index contributed by atoms with van der Waals surface area (Å²) < 4.78 is 1.10. The number of aromatic nitrogens is 1. The molecule has 1 fully saturated rings. The minimum atomic E-state index is 0.0437. The maximum Gasteiger partial charge on any atom is 0.281 e. The molecule has 0 aliphatic carbocycles. The van der Waals surface area contributed by atoms with Crippen molar-refractivity contribution in [3.05, 3.63) is 54.6 Å². The van der Waals surface area contributed by atoms with Crippen molar-refractivity contribution in [1.82, 2.24) is 4.98 Å². The van der Waals surface area contributed by atoms with Crippen molar-refractivity contribution in [3.63, 3.8) is 0 Å². The molecule has 1 amide bonds. The number of para-hydroxylation sites is 2. The average molecular weight is 353 g/mol. The highest BCUT2D eigenvalue weighted by Crippen LogP contribution is 2.25. The van der Waals surface area contributed by atoms with Crippen molar-refractivity contribution < 1.29 is 9.69 Å². The first-order chi connectivity index (χ1) is 12.3. The quantitative estimate of drug-likeness (QED) is 0.750. The molecule has 25 heavy (non-hydrogen) atoms. The van der Waals surface area contributed by atoms with Crippen LogP contribution >= 0.6 is 11.3 Å². The first-order valence-corrected chi connectivity index (χ1v) is 9.38. The molecular weight excluding hydrogens is 332 g/mol. The molecule has 2 heterocycles. The van der Waals surface area contributed by atoms with E-state index >= 15 is 0 Å². The molecule has 4 rings (SSSR count). The fraction of sp³-hybridized carbons (Fsp3) is 0.263. The topological polar surface area (TPSA) is 49.7 Å². The number of anilines is 2. The van der Waals surface area contributed by atoms with Crippen LogP contribution in [0.4, 0.5) is 10.8 Å². The van der Waals surface area contributed by atoms with Crippen molar-refractivity contribution in [2.75, 3.05) is 42.9 Å². The Kier molecular flexibility index (Phi) is 4.63. The van der Waals surface area contributed by atoms with E-state index in [1.807, 2.05) is 30.3 Å². The maximum absolute atomic E-state index is 12.3. The Labute approximate surface area is 150 Å². The van der Waals surface area contributed by atoms with Crippen LogP contribution in [0.15, 0.2) is 54.6 Å². The number of piperazine rings is 1. The predicted molar refractivity (Wildman–Crippen MR) is 102 cm³/mol. The largest absolute Gasteiger partial charge is 0.360 e. The molecule has 0 unspecified atom stereocenters. The van der Waals surface area contributed by atoms with Crippen LogP contribution in [0.3, 0.4) is 0 Å². The summed E-state index contributed by atoms with van der Waals surface area (Å²) in [6, 6.07) is 18.4. The van der Waals surface area contributed by atoms with Crippen LogP contribution < -0.4 is 15.1 Å². The van der Waals surface area contributed by atoms with Gasteiger partial charge in [-0.05, 0) is 24.3 Å². The van der Waals surface area contributed by atoms with Gasteiger partial charge in [-0.15, -0.1) is 0 Å². The highest BCUT2D eigenvalue weighted by atomic mass is 32.1. The molecule has 2 aromatic carbocycles. The van der Waals surface area contributed by atoms with Gasteiger partial charge in [0.05, 0.1) is 36.4 Å². The summed E-state index contributed by atoms with van der Waals surface area (Å²) in [6.45, 7) is 4.41. The van der Waals surface area contributed by atoms with Gasteiger partial charge in [0.1, 0.15) is 0 Å². The van der Waals surface area contributed by atoms with Gasteiger partial charge in [0.25, 0.3) is 5.91 Å². The van der Waals surface area contributed by atoms with Gasteiger partial charge in [0, 0.05) is 5.69 Å². The third kappa shape index (κ3) is 3.81. The number of fused-ring (bicyclic) bond motifs is 1. The zero-order valence-electron chi connectivity index (χ0n) is 13.9. The first-order valence-electron chi connectivity index (χ1n) is 8.57. The minimum absolute atomic E-state index is 0.0437. The third-order valence-corrected chi connectivity index (χ3v) is 5.49. The number of carbonyl (C=O) groups is 1. The van der Waals surface area contributed by atoms with E-state index in [2.05, 4.69) is 39.5 Å². The Hall–Kier alpha value is -2.44. The Bertz CT molecular complexity index is 823. The number of nitrogens with one attached hydrogen (secondary N) is 2. The van der Waals surface area contributed by atoms with Crippen LogP contribution in [0.1, 0.15) is 0 Å². The normalized spacial score (nSPS) is 15.4. The zero-order chi connectivity index (χ0) is 17.1. The van der Waals surface area contributed by atoms with E-state index in [9.17, 15) is 4.79 Å². The number of quaternary nitrogens is 1. The molecule has 0 saturated carbocycles. The number of benzene rings is 2. The lowest BCUT2D eigenvalue weighted by molar-refractivity contribution is -0.892. The molecule has 2 N–H and O–H groups in total. The van der Waals surface area contributed by atoms with E-state index in [1.54, 1.807) is 0 Å². The molecule has 1 aromatic heterocycles. The highest BCUT2D eigenvalue weighted by Gasteiger charge is 2.22. The fourth-order valence-electron chi connectivity index (χ4n) is 3.21. The first kappa shape index (κ1) is 16.1. The lowest BCUT2D eigenvalue weighted by Crippen LogP contribution is -3.15. The zero-order valence-corrected chi connectivity index (χ0v) is 14.8. The van der Waals surface area contributed by atoms with Crippen molar-refractivity contribution in [2.24, 2.45) is 0 Å². The van der Waals surface area contributed by atoms with Crippen LogP contribution in [0.2, 0.25) is 0 Å². The van der Waals surface area contributed by atoms with Crippen LogP contribution in [0, 0.1) is 0 Å². The van der Waals surface area contributed by atoms with E-state index in [0.717, 1.165) is 36.4 Å². The van der Waals surface area contributed by atoms with Gasteiger partial charge >= 0.3 is 0 Å². The summed E-state index contributed by atoms with van der Waals surface area (Å²) in [5, 5.41) is 3.64. The summed E-state index contributed by atoms with van der Waals surface area (Å²) in [6.07, 6.45) is 0. The number of rotatable bonds is 4. The Morgan fingerprint density at radius 1 is 1.08 bits per heavy atom. The number of nitrogens with zero attached hydrogens (tertiary/aromatic N) is 2. The second kappa shape index (κ2) is 7.21. The molecule has 0 bridgehead atoms. The van der Waals surface area contributed by atoms with Gasteiger partial charge in [-0.25, -0.2) is 4.98 Å². The summed E-state index contributed by atoms with van der Waals surface area (Å²) in [5.74, 6) is 0.0437. The molecule has 6 heteroatoms. The third-order valence-electron chi connectivity index (χ3n) is 4.54. The van der Waals surface area contributed by atoms with Gasteiger partial charge in [0.2, 0.25) is 0 Å². The summed E-state index contributed by atoms with van der Waals surface area (Å²) >= 11 is 1.52. The Morgan fingerprint density at radius 2 is 1.80 bits per heavy atom. The molecule has 1 aliphatic heterocycles. The Balaban J connectivity index is 1.30. The van der Waals surface area contributed by atoms with Gasteiger partial charge in [-0.3, -0.25) is 10.1 Å². The average Bonchev–Trinajstić information content (AvgIpc) is 3.05. The van der Waals surface area contributed by atoms with Crippen molar-refractivity contribution >= 4 is 38.3 Å². The van der Waals surface area contributed by atoms with E-state index < -0.39 is 0 Å². The number of carbonyl (C=O) groups excluding carboxylic acids is 1. The standard InChI is InChI=1S/C19H20N4OS/c24-18(21-19-20-16-8-4-5-9-17(16)25-19)14-22-10-12-23(13-11-22)15-6-2-1-3-7-15/h1-9H,10-14H2,(H,20,21,24)/p+1. The summed E-state index contributed by atoms with van der Waals surface area (Å²) in [7, 11) is 0. The predicted octanol–water partition coefficient (Wildman–Crippen LogP) is 1.64. The van der Waals surface area contributed by atoms with Gasteiger partial charge in [-0.1, -0.05) is 41.7 Å². The fourth-order valence-corrected chi connectivity index (χ4v) is 4.09. The minimum Gasteiger partial charge on any atom is -0.360 e. The molecule has 1 aliphatic rings. The molecular formula is C19H21N4OS+. The second-order valence-corrected chi connectivity index (χ2v) is 7.31. The number of hydrogen-bond acceptors (Lipinski definition) is 4. The van der Waals surface area contributed by atoms with E-state index in [0.29, 0.717) is 11.7 Å². The molecule has 0 spiro atoms. The lowest BCUT2D eigenvalue weighted by Gasteiger charge is -2.33. The van der Waals surface area contributed by atoms with Crippen molar-refractivity contribution in [2.45, 2.75) is 0 Å². The molecule has 128 valence electrons. The van der Waals surface area contributed by atoms with E-state index in [1.165, 1.54) is 21.9 Å². The smallest absolute Gasteiger partial charge is 0.281 e. The lowest BCUT2D eigenvalue weighted by atomic mass is 10.2. The Morgan fingerprint density at radius 3 is 2.56 bits per heavy atom. The molecule has 3 aromatic rings. The number of thiazole rings is 1. The summed E-state index contributed by atoms with van der Waals surface area (Å²) in [5.41, 5.74) is 2.20. The summed E-state index contributed by atoms with van der Waals surface area (Å²) in [4.78, 5) is 20.5. The maximum atomic E-state index is 12.3. The van der Waals surface area contributed by atoms with Gasteiger partial charge < -0.3 is 9.80 Å². The molecule has 5 nitrogen and oxygen atoms in total. The SMILES string of the molecule is O=C(C[NH+]1CCN(c2ccccc2)CC1)Nc1nc2ccccc2s1. The van der Waals surface area contributed by atoms with Gasteiger partial charge in [-0.2, -0.15) is 0 Å². The number of amides is 1. The molecule has 0 atom stereocenters. The highest BCUT2D eigenvalue weighted by molar-refractivity contribution is 7.22. The number of hydrogen-bond donors (Lipinski definition) is 2. The van der Waals surface area contributed by atoms with Crippen molar-refractivity contribution in [1.29, 1.82) is 0 Å². The van der Waals surface area contributed by atoms with Crippen molar-refractivity contribution in [3.8, 4) is 0 Å². The molecule has 0 radical (unpaired) electrons. The second-order valence-electron chi connectivity index (χ2n) is 6.28. The van der Waals surface area contributed by atoms with Crippen LogP contribution in [-0.4, -0.2) is 43.6 Å².